The van der Waals surface area contributed by atoms with Gasteiger partial charge in [-0.2, -0.15) is 5.26 Å². The number of hydrogen-bond donors (Lipinski definition) is 0. The van der Waals surface area contributed by atoms with E-state index in [2.05, 4.69) is 114 Å². The Hall–Kier alpha value is -3.48. The third-order valence-corrected chi connectivity index (χ3v) is 7.67. The van der Waals surface area contributed by atoms with Crippen LogP contribution in [-0.2, 0) is 11.8 Å². The van der Waals surface area contributed by atoms with Gasteiger partial charge in [0.2, 0.25) is 0 Å². The van der Waals surface area contributed by atoms with Crippen LogP contribution in [0.4, 0.5) is 0 Å². The third-order valence-electron chi connectivity index (χ3n) is 6.68. The summed E-state index contributed by atoms with van der Waals surface area (Å²) in [6, 6.07) is 24.1. The van der Waals surface area contributed by atoms with Gasteiger partial charge in [-0.15, -0.1) is 11.3 Å². The van der Waals surface area contributed by atoms with E-state index in [1.807, 2.05) is 0 Å². The van der Waals surface area contributed by atoms with Crippen molar-refractivity contribution in [1.29, 1.82) is 5.26 Å². The maximum Gasteiger partial charge on any atom is 0.101 e. The summed E-state index contributed by atoms with van der Waals surface area (Å²) >= 11 is 1.79. The predicted octanol–water partition coefficient (Wildman–Crippen LogP) is 9.54. The number of thiophene rings is 1. The molecule has 0 unspecified atom stereocenters. The smallest absolute Gasteiger partial charge is 0.101 e. The number of rotatable bonds is 3. The summed E-state index contributed by atoms with van der Waals surface area (Å²) in [4.78, 5) is 4.72. The summed E-state index contributed by atoms with van der Waals surface area (Å²) in [7, 11) is 0. The molecule has 0 spiro atoms. The Balaban J connectivity index is 1.64. The SMILES string of the molecule is CC(C)(C)Cc1csc2cc(-c3cc(-c4cc(C(C)(C)C)c5ccccc5c4)ncc3C#N)ccc12. The van der Waals surface area contributed by atoms with Gasteiger partial charge >= 0.3 is 0 Å². The first-order chi connectivity index (χ1) is 17.0. The number of fused-ring (bicyclic) bond motifs is 2. The molecule has 180 valence electrons. The van der Waals surface area contributed by atoms with Crippen LogP contribution >= 0.6 is 11.3 Å². The molecule has 2 heterocycles. The average Bonchev–Trinajstić information content (AvgIpc) is 3.22. The van der Waals surface area contributed by atoms with Crippen LogP contribution in [-0.4, -0.2) is 4.98 Å². The van der Waals surface area contributed by atoms with Crippen molar-refractivity contribution in [2.75, 3.05) is 0 Å². The maximum atomic E-state index is 9.89. The molecule has 0 radical (unpaired) electrons. The van der Waals surface area contributed by atoms with Crippen molar-refractivity contribution in [2.24, 2.45) is 5.41 Å². The minimum atomic E-state index is 0.00000768. The second-order valence-electron chi connectivity index (χ2n) is 11.9. The summed E-state index contributed by atoms with van der Waals surface area (Å²) in [6.07, 6.45) is 2.77. The van der Waals surface area contributed by atoms with Gasteiger partial charge in [0.15, 0.2) is 0 Å². The van der Waals surface area contributed by atoms with Crippen LogP contribution in [0.1, 0.15) is 58.2 Å². The highest BCUT2D eigenvalue weighted by molar-refractivity contribution is 7.17. The van der Waals surface area contributed by atoms with E-state index in [9.17, 15) is 5.26 Å². The Labute approximate surface area is 218 Å². The van der Waals surface area contributed by atoms with Crippen molar-refractivity contribution in [1.82, 2.24) is 4.98 Å². The zero-order valence-electron chi connectivity index (χ0n) is 21.9. The van der Waals surface area contributed by atoms with Crippen molar-refractivity contribution in [3.05, 3.63) is 88.9 Å². The molecule has 0 amide bonds. The number of hydrogen-bond acceptors (Lipinski definition) is 3. The van der Waals surface area contributed by atoms with Crippen molar-refractivity contribution in [2.45, 2.75) is 53.4 Å². The quantitative estimate of drug-likeness (QED) is 0.253. The molecule has 3 heteroatoms. The Morgan fingerprint density at radius 3 is 2.36 bits per heavy atom. The second kappa shape index (κ2) is 8.87. The third kappa shape index (κ3) is 4.66. The molecule has 0 aliphatic carbocycles. The monoisotopic (exact) mass is 488 g/mol. The average molecular weight is 489 g/mol. The van der Waals surface area contributed by atoms with Gasteiger partial charge in [0.1, 0.15) is 6.07 Å². The molecule has 3 aromatic carbocycles. The van der Waals surface area contributed by atoms with Crippen LogP contribution in [0.25, 0.3) is 43.2 Å². The molecule has 0 saturated carbocycles. The van der Waals surface area contributed by atoms with Crippen molar-refractivity contribution in [3.8, 4) is 28.5 Å². The number of nitriles is 1. The van der Waals surface area contributed by atoms with Crippen molar-refractivity contribution >= 4 is 32.2 Å². The first-order valence-corrected chi connectivity index (χ1v) is 13.4. The summed E-state index contributed by atoms with van der Waals surface area (Å²) < 4.78 is 1.26. The molecule has 0 N–H and O–H groups in total. The van der Waals surface area contributed by atoms with E-state index in [0.29, 0.717) is 5.56 Å². The molecule has 2 aromatic heterocycles. The second-order valence-corrected chi connectivity index (χ2v) is 12.8. The largest absolute Gasteiger partial charge is 0.255 e. The molecule has 36 heavy (non-hydrogen) atoms. The lowest BCUT2D eigenvalue weighted by Gasteiger charge is -2.23. The summed E-state index contributed by atoms with van der Waals surface area (Å²) in [5, 5.41) is 16.0. The highest BCUT2D eigenvalue weighted by atomic mass is 32.1. The highest BCUT2D eigenvalue weighted by Gasteiger charge is 2.20. The number of aromatic nitrogens is 1. The molecule has 0 saturated heterocycles. The van der Waals surface area contributed by atoms with Gasteiger partial charge in [-0.05, 0) is 79.7 Å². The molecule has 2 nitrogen and oxygen atoms in total. The number of pyridine rings is 1. The first-order valence-electron chi connectivity index (χ1n) is 12.5. The van der Waals surface area contributed by atoms with Crippen LogP contribution in [0, 0.1) is 16.7 Å². The predicted molar refractivity (Wildman–Crippen MR) is 155 cm³/mol. The normalized spacial score (nSPS) is 12.2. The van der Waals surface area contributed by atoms with Crippen LogP contribution < -0.4 is 0 Å². The van der Waals surface area contributed by atoms with Gasteiger partial charge in [-0.3, -0.25) is 4.98 Å². The van der Waals surface area contributed by atoms with Crippen LogP contribution in [0.15, 0.2) is 72.2 Å². The highest BCUT2D eigenvalue weighted by Crippen LogP contribution is 2.38. The lowest BCUT2D eigenvalue weighted by atomic mass is 9.82. The van der Waals surface area contributed by atoms with E-state index < -0.39 is 0 Å². The van der Waals surface area contributed by atoms with E-state index in [1.54, 1.807) is 17.5 Å². The Morgan fingerprint density at radius 1 is 0.861 bits per heavy atom. The Morgan fingerprint density at radius 2 is 1.64 bits per heavy atom. The van der Waals surface area contributed by atoms with E-state index in [4.69, 9.17) is 4.98 Å². The maximum absolute atomic E-state index is 9.89. The van der Waals surface area contributed by atoms with Gasteiger partial charge in [-0.1, -0.05) is 77.9 Å². The summed E-state index contributed by atoms with van der Waals surface area (Å²) in [5.41, 5.74) is 7.50. The van der Waals surface area contributed by atoms with Gasteiger partial charge in [0.25, 0.3) is 0 Å². The fraction of sp³-hybridized carbons (Fsp3) is 0.273. The molecule has 0 bridgehead atoms. The Kier molecular flexibility index (Phi) is 5.97. The minimum absolute atomic E-state index is 0.00000768. The first kappa shape index (κ1) is 24.2. The molecule has 0 fully saturated rings. The molecule has 0 aliphatic rings. The molecule has 5 rings (SSSR count). The number of benzene rings is 3. The molecule has 0 atom stereocenters. The minimum Gasteiger partial charge on any atom is -0.255 e. The zero-order valence-corrected chi connectivity index (χ0v) is 22.8. The van der Waals surface area contributed by atoms with Gasteiger partial charge in [-0.25, -0.2) is 0 Å². The van der Waals surface area contributed by atoms with Crippen LogP contribution in [0.2, 0.25) is 0 Å². The van der Waals surface area contributed by atoms with Crippen molar-refractivity contribution < 1.29 is 0 Å². The fourth-order valence-electron chi connectivity index (χ4n) is 4.98. The summed E-state index contributed by atoms with van der Waals surface area (Å²) in [6.45, 7) is 13.6. The van der Waals surface area contributed by atoms with E-state index >= 15 is 0 Å². The lowest BCUT2D eigenvalue weighted by molar-refractivity contribution is 0.413. The fourth-order valence-corrected chi connectivity index (χ4v) is 5.98. The molecule has 5 aromatic rings. The lowest BCUT2D eigenvalue weighted by Crippen LogP contribution is -2.12. The molecular formula is C33H32N2S. The van der Waals surface area contributed by atoms with Crippen LogP contribution in [0.3, 0.4) is 0 Å². The Bertz CT molecular complexity index is 1640. The van der Waals surface area contributed by atoms with Crippen LogP contribution in [0.5, 0.6) is 0 Å². The zero-order chi connectivity index (χ0) is 25.7. The van der Waals surface area contributed by atoms with Gasteiger partial charge in [0, 0.05) is 22.0 Å². The van der Waals surface area contributed by atoms with Gasteiger partial charge < -0.3 is 0 Å². The van der Waals surface area contributed by atoms with Crippen molar-refractivity contribution in [3.63, 3.8) is 0 Å². The molecule has 0 aliphatic heterocycles. The van der Waals surface area contributed by atoms with E-state index in [-0.39, 0.29) is 10.8 Å². The van der Waals surface area contributed by atoms with E-state index in [1.165, 1.54) is 32.0 Å². The van der Waals surface area contributed by atoms with E-state index in [0.717, 1.165) is 28.8 Å². The topological polar surface area (TPSA) is 36.7 Å². The summed E-state index contributed by atoms with van der Waals surface area (Å²) in [5.74, 6) is 0. The van der Waals surface area contributed by atoms with Gasteiger partial charge in [0.05, 0.1) is 11.3 Å². The number of nitrogens with zero attached hydrogens (tertiary/aromatic N) is 2. The molecular weight excluding hydrogens is 456 g/mol. The standard InChI is InChI=1S/C33H32N2S/c1-32(2,3)17-24-20-36-31-15-22(11-12-27(24)31)28-16-30(35-19-25(28)18-34)23-13-21-9-7-8-10-26(21)29(14-23)33(4,5)6/h7-16,19-20H,17H2,1-6H3.